The minimum atomic E-state index is 0.223. The van der Waals surface area contributed by atoms with Gasteiger partial charge in [-0.25, -0.2) is 0 Å². The Balaban J connectivity index is 2.08. The smallest absolute Gasteiger partial charge is 0.0701 e. The van der Waals surface area contributed by atoms with Crippen molar-refractivity contribution in [2.24, 2.45) is 5.73 Å². The molecule has 0 radical (unpaired) electrons. The standard InChI is InChI=1S/C12H14BrClN2S2/c1-16(5-8-2-12(13)18-6-8)10(4-15)11-3-9(14)7-17-11/h2-3,6-7,10H,4-5,15H2,1H3. The SMILES string of the molecule is CN(Cc1csc(Br)c1)C(CN)c1cc(Cl)cs1. The van der Waals surface area contributed by atoms with Gasteiger partial charge >= 0.3 is 0 Å². The zero-order valence-corrected chi connectivity index (χ0v) is 13.9. The molecule has 18 heavy (non-hydrogen) atoms. The van der Waals surface area contributed by atoms with Crippen molar-refractivity contribution in [3.05, 3.63) is 42.1 Å². The van der Waals surface area contributed by atoms with Gasteiger partial charge in [-0.15, -0.1) is 22.7 Å². The van der Waals surface area contributed by atoms with Crippen molar-refractivity contribution in [1.82, 2.24) is 4.90 Å². The van der Waals surface area contributed by atoms with Crippen LogP contribution in [0.3, 0.4) is 0 Å². The molecule has 0 saturated heterocycles. The van der Waals surface area contributed by atoms with Crippen LogP contribution < -0.4 is 5.73 Å². The molecule has 0 aliphatic carbocycles. The maximum Gasteiger partial charge on any atom is 0.0701 e. The van der Waals surface area contributed by atoms with E-state index < -0.39 is 0 Å². The van der Waals surface area contributed by atoms with Gasteiger partial charge in [-0.05, 0) is 46.1 Å². The molecular formula is C12H14BrClN2S2. The van der Waals surface area contributed by atoms with Crippen LogP contribution in [-0.4, -0.2) is 18.5 Å². The summed E-state index contributed by atoms with van der Waals surface area (Å²) >= 11 is 12.8. The average Bonchev–Trinajstić information content (AvgIpc) is 2.89. The molecule has 0 amide bonds. The minimum absolute atomic E-state index is 0.223. The minimum Gasteiger partial charge on any atom is -0.329 e. The molecule has 6 heteroatoms. The average molecular weight is 366 g/mol. The molecule has 0 aromatic carbocycles. The van der Waals surface area contributed by atoms with Crippen molar-refractivity contribution in [1.29, 1.82) is 0 Å². The van der Waals surface area contributed by atoms with Gasteiger partial charge in [0.25, 0.3) is 0 Å². The van der Waals surface area contributed by atoms with E-state index in [0.29, 0.717) is 6.54 Å². The molecule has 0 spiro atoms. The van der Waals surface area contributed by atoms with Crippen LogP contribution in [0, 0.1) is 0 Å². The third kappa shape index (κ3) is 3.56. The van der Waals surface area contributed by atoms with Gasteiger partial charge < -0.3 is 5.73 Å². The predicted octanol–water partition coefficient (Wildman–Crippen LogP) is 4.36. The van der Waals surface area contributed by atoms with E-state index in [0.717, 1.165) is 15.4 Å². The molecule has 2 N–H and O–H groups in total. The number of rotatable bonds is 5. The van der Waals surface area contributed by atoms with E-state index in [1.165, 1.54) is 10.4 Å². The second kappa shape index (κ2) is 6.50. The zero-order valence-electron chi connectivity index (χ0n) is 9.90. The Morgan fingerprint density at radius 1 is 1.39 bits per heavy atom. The summed E-state index contributed by atoms with van der Waals surface area (Å²) < 4.78 is 1.16. The van der Waals surface area contributed by atoms with Crippen LogP contribution in [0.4, 0.5) is 0 Å². The van der Waals surface area contributed by atoms with E-state index in [1.807, 2.05) is 11.4 Å². The molecule has 0 fully saturated rings. The van der Waals surface area contributed by atoms with Gasteiger partial charge in [-0.3, -0.25) is 4.90 Å². The van der Waals surface area contributed by atoms with E-state index >= 15 is 0 Å². The molecule has 2 aromatic rings. The Morgan fingerprint density at radius 2 is 2.17 bits per heavy atom. The summed E-state index contributed by atoms with van der Waals surface area (Å²) in [5, 5.41) is 4.91. The zero-order chi connectivity index (χ0) is 13.1. The number of nitrogens with two attached hydrogens (primary N) is 1. The largest absolute Gasteiger partial charge is 0.329 e. The highest BCUT2D eigenvalue weighted by atomic mass is 79.9. The van der Waals surface area contributed by atoms with E-state index in [1.54, 1.807) is 22.7 Å². The fraction of sp³-hybridized carbons (Fsp3) is 0.333. The Bertz CT molecular complexity index is 512. The van der Waals surface area contributed by atoms with Gasteiger partial charge in [-0.1, -0.05) is 11.6 Å². The number of likely N-dealkylation sites (N-methyl/N-ethyl adjacent to an activating group) is 1. The number of nitrogens with zero attached hydrogens (tertiary/aromatic N) is 1. The summed E-state index contributed by atoms with van der Waals surface area (Å²) in [4.78, 5) is 3.48. The van der Waals surface area contributed by atoms with Crippen LogP contribution in [0.15, 0.2) is 26.7 Å². The quantitative estimate of drug-likeness (QED) is 0.853. The first-order valence-corrected chi connectivity index (χ1v) is 8.40. The summed E-state index contributed by atoms with van der Waals surface area (Å²) in [6.07, 6.45) is 0. The van der Waals surface area contributed by atoms with E-state index in [4.69, 9.17) is 17.3 Å². The van der Waals surface area contributed by atoms with E-state index in [9.17, 15) is 0 Å². The molecule has 2 nitrogen and oxygen atoms in total. The molecule has 98 valence electrons. The molecular weight excluding hydrogens is 352 g/mol. The lowest BCUT2D eigenvalue weighted by molar-refractivity contribution is 0.245. The normalized spacial score (nSPS) is 13.2. The molecule has 1 atom stereocenters. The Labute approximate surface area is 128 Å². The number of hydrogen-bond acceptors (Lipinski definition) is 4. The molecule has 1 unspecified atom stereocenters. The first kappa shape index (κ1) is 14.5. The summed E-state index contributed by atoms with van der Waals surface area (Å²) in [7, 11) is 2.09. The monoisotopic (exact) mass is 364 g/mol. The molecule has 0 aliphatic heterocycles. The van der Waals surface area contributed by atoms with Crippen molar-refractivity contribution in [2.75, 3.05) is 13.6 Å². The highest BCUT2D eigenvalue weighted by molar-refractivity contribution is 9.11. The van der Waals surface area contributed by atoms with Gasteiger partial charge in [-0.2, -0.15) is 0 Å². The van der Waals surface area contributed by atoms with Gasteiger partial charge in [0.15, 0.2) is 0 Å². The molecule has 0 saturated carbocycles. The molecule has 0 bridgehead atoms. The van der Waals surface area contributed by atoms with Crippen LogP contribution >= 0.6 is 50.2 Å². The van der Waals surface area contributed by atoms with E-state index in [2.05, 4.69) is 39.3 Å². The lowest BCUT2D eigenvalue weighted by Crippen LogP contribution is -2.29. The Hall–Kier alpha value is 0.0900. The van der Waals surface area contributed by atoms with Crippen molar-refractivity contribution in [2.45, 2.75) is 12.6 Å². The maximum absolute atomic E-state index is 5.98. The Kier molecular flexibility index (Phi) is 5.24. The van der Waals surface area contributed by atoms with Crippen molar-refractivity contribution in [3.8, 4) is 0 Å². The lowest BCUT2D eigenvalue weighted by atomic mass is 10.2. The third-order valence-corrected chi connectivity index (χ3v) is 5.66. The van der Waals surface area contributed by atoms with Crippen LogP contribution in [0.25, 0.3) is 0 Å². The van der Waals surface area contributed by atoms with Gasteiger partial charge in [0.1, 0.15) is 0 Å². The number of halogens is 2. The summed E-state index contributed by atoms with van der Waals surface area (Å²) in [5.41, 5.74) is 7.19. The van der Waals surface area contributed by atoms with Gasteiger partial charge in [0.05, 0.1) is 14.9 Å². The molecule has 0 aliphatic rings. The van der Waals surface area contributed by atoms with Crippen LogP contribution in [0.2, 0.25) is 5.02 Å². The lowest BCUT2D eigenvalue weighted by Gasteiger charge is -2.25. The summed E-state index contributed by atoms with van der Waals surface area (Å²) in [5.74, 6) is 0. The first-order chi connectivity index (χ1) is 8.60. The topological polar surface area (TPSA) is 29.3 Å². The van der Waals surface area contributed by atoms with Gasteiger partial charge in [0, 0.05) is 23.3 Å². The summed E-state index contributed by atoms with van der Waals surface area (Å²) in [6, 6.07) is 4.38. The Morgan fingerprint density at radius 3 is 2.67 bits per heavy atom. The predicted molar refractivity (Wildman–Crippen MR) is 84.6 cm³/mol. The van der Waals surface area contributed by atoms with Crippen molar-refractivity contribution in [3.63, 3.8) is 0 Å². The first-order valence-electron chi connectivity index (χ1n) is 5.47. The van der Waals surface area contributed by atoms with Gasteiger partial charge in [0.2, 0.25) is 0 Å². The highest BCUT2D eigenvalue weighted by Crippen LogP contribution is 2.30. The number of hydrogen-bond donors (Lipinski definition) is 1. The van der Waals surface area contributed by atoms with Crippen LogP contribution in [-0.2, 0) is 6.54 Å². The number of thiophene rings is 2. The summed E-state index contributed by atoms with van der Waals surface area (Å²) in [6.45, 7) is 1.48. The van der Waals surface area contributed by atoms with Crippen molar-refractivity contribution < 1.29 is 0 Å². The second-order valence-electron chi connectivity index (χ2n) is 4.09. The van der Waals surface area contributed by atoms with Crippen LogP contribution in [0.1, 0.15) is 16.5 Å². The fourth-order valence-corrected chi connectivity index (χ4v) is 4.30. The highest BCUT2D eigenvalue weighted by Gasteiger charge is 2.17. The third-order valence-electron chi connectivity index (χ3n) is 2.73. The van der Waals surface area contributed by atoms with Crippen molar-refractivity contribution >= 4 is 50.2 Å². The molecule has 2 aromatic heterocycles. The van der Waals surface area contributed by atoms with E-state index in [-0.39, 0.29) is 6.04 Å². The molecule has 2 rings (SSSR count). The fourth-order valence-electron chi connectivity index (χ4n) is 1.84. The second-order valence-corrected chi connectivity index (χ2v) is 7.76. The maximum atomic E-state index is 5.98. The molecule has 2 heterocycles. The van der Waals surface area contributed by atoms with Crippen LogP contribution in [0.5, 0.6) is 0 Å².